The number of carbonyl (C=O) groups is 1. The van der Waals surface area contributed by atoms with Crippen LogP contribution in [0.25, 0.3) is 0 Å². The number of allylic oxidation sites excluding steroid dienone is 4. The number of carboxylic acids is 1. The topological polar surface area (TPSA) is 72.2 Å². The van der Waals surface area contributed by atoms with Gasteiger partial charge in [0.1, 0.15) is 0 Å². The van der Waals surface area contributed by atoms with Gasteiger partial charge in [0, 0.05) is 23.4 Å². The molecule has 1 aromatic rings. The van der Waals surface area contributed by atoms with Gasteiger partial charge < -0.3 is 5.11 Å². The van der Waals surface area contributed by atoms with Crippen LogP contribution in [0.1, 0.15) is 34.1 Å². The highest BCUT2D eigenvalue weighted by Crippen LogP contribution is 2.41. The smallest absolute Gasteiger partial charge is 0.356 e. The van der Waals surface area contributed by atoms with E-state index in [0.29, 0.717) is 5.56 Å². The van der Waals surface area contributed by atoms with Gasteiger partial charge in [-0.15, -0.1) is 0 Å². The molecular formula is C12H12N2O3S. The zero-order chi connectivity index (χ0) is 12.9. The standard InChI is InChI=1S/C12H12N2O3S/c1-14-11-7-4-2-3-5-9(7)18(17)6-8(11)10(13-14)12(15)16/h2-3,5,7H,4,6H2,1H3,(H,15,16). The molecule has 0 fully saturated rings. The minimum absolute atomic E-state index is 0.00480. The molecule has 2 unspecified atom stereocenters. The van der Waals surface area contributed by atoms with Gasteiger partial charge >= 0.3 is 5.97 Å². The van der Waals surface area contributed by atoms with E-state index in [4.69, 9.17) is 5.11 Å². The zero-order valence-electron chi connectivity index (χ0n) is 9.79. The number of aromatic nitrogens is 2. The Labute approximate surface area is 106 Å². The lowest BCUT2D eigenvalue weighted by Crippen LogP contribution is -2.21. The minimum atomic E-state index is -1.14. The monoisotopic (exact) mass is 264 g/mol. The first-order chi connectivity index (χ1) is 8.59. The van der Waals surface area contributed by atoms with Crippen LogP contribution in [-0.2, 0) is 23.6 Å². The second kappa shape index (κ2) is 3.91. The Balaban J connectivity index is 2.22. The zero-order valence-corrected chi connectivity index (χ0v) is 10.6. The summed E-state index contributed by atoms with van der Waals surface area (Å²) in [5.41, 5.74) is 1.55. The van der Waals surface area contributed by atoms with Crippen molar-refractivity contribution in [1.82, 2.24) is 9.78 Å². The second-order valence-corrected chi connectivity index (χ2v) is 5.87. The van der Waals surface area contributed by atoms with Crippen molar-refractivity contribution >= 4 is 16.8 Å². The van der Waals surface area contributed by atoms with Crippen LogP contribution < -0.4 is 0 Å². The quantitative estimate of drug-likeness (QED) is 0.830. The molecule has 94 valence electrons. The molecule has 2 heterocycles. The normalized spacial score (nSPS) is 25.3. The Morgan fingerprint density at radius 2 is 2.39 bits per heavy atom. The van der Waals surface area contributed by atoms with Crippen LogP contribution in [0.15, 0.2) is 23.1 Å². The van der Waals surface area contributed by atoms with Crippen LogP contribution in [0.5, 0.6) is 0 Å². The number of hydrogen-bond donors (Lipinski definition) is 1. The van der Waals surface area contributed by atoms with Crippen LogP contribution >= 0.6 is 0 Å². The summed E-state index contributed by atoms with van der Waals surface area (Å²) in [7, 11) is 0.607. The van der Waals surface area contributed by atoms with E-state index in [0.717, 1.165) is 17.0 Å². The molecule has 5 nitrogen and oxygen atoms in total. The van der Waals surface area contributed by atoms with Crippen LogP contribution in [-0.4, -0.2) is 25.1 Å². The van der Waals surface area contributed by atoms with Crippen molar-refractivity contribution in [2.75, 3.05) is 0 Å². The molecule has 2 atom stereocenters. The van der Waals surface area contributed by atoms with Crippen molar-refractivity contribution in [3.8, 4) is 0 Å². The molecule has 18 heavy (non-hydrogen) atoms. The van der Waals surface area contributed by atoms with Crippen LogP contribution in [0.4, 0.5) is 0 Å². The summed E-state index contributed by atoms with van der Waals surface area (Å²) < 4.78 is 13.8. The minimum Gasteiger partial charge on any atom is -0.476 e. The lowest BCUT2D eigenvalue weighted by Gasteiger charge is -2.26. The fourth-order valence-corrected chi connectivity index (χ4v) is 4.11. The number of rotatable bonds is 1. The van der Waals surface area contributed by atoms with Crippen LogP contribution in [0.3, 0.4) is 0 Å². The average molecular weight is 264 g/mol. The predicted molar refractivity (Wildman–Crippen MR) is 66.6 cm³/mol. The van der Waals surface area contributed by atoms with Crippen molar-refractivity contribution in [2.24, 2.45) is 7.05 Å². The van der Waals surface area contributed by atoms with E-state index in [1.54, 1.807) is 11.7 Å². The number of nitrogens with zero attached hydrogens (tertiary/aromatic N) is 2. The van der Waals surface area contributed by atoms with Gasteiger partial charge in [-0.25, -0.2) is 4.79 Å². The van der Waals surface area contributed by atoms with Crippen molar-refractivity contribution in [2.45, 2.75) is 18.1 Å². The number of aromatic carboxylic acids is 1. The molecule has 0 spiro atoms. The summed E-state index contributed by atoms with van der Waals surface area (Å²) in [6.07, 6.45) is 6.54. The Kier molecular flexibility index (Phi) is 2.48. The molecular weight excluding hydrogens is 252 g/mol. The highest BCUT2D eigenvalue weighted by atomic mass is 32.2. The average Bonchev–Trinajstić information content (AvgIpc) is 2.67. The molecule has 1 aliphatic heterocycles. The van der Waals surface area contributed by atoms with Crippen molar-refractivity contribution in [1.29, 1.82) is 0 Å². The fourth-order valence-electron chi connectivity index (χ4n) is 2.64. The molecule has 0 bridgehead atoms. The van der Waals surface area contributed by atoms with E-state index in [1.165, 1.54) is 0 Å². The third-order valence-electron chi connectivity index (χ3n) is 3.38. The largest absolute Gasteiger partial charge is 0.476 e. The molecule has 0 saturated carbocycles. The summed E-state index contributed by atoms with van der Waals surface area (Å²) >= 11 is 0. The predicted octanol–water partition coefficient (Wildman–Crippen LogP) is 1.31. The van der Waals surface area contributed by atoms with Crippen molar-refractivity contribution in [3.63, 3.8) is 0 Å². The van der Waals surface area contributed by atoms with Crippen LogP contribution in [0, 0.1) is 0 Å². The highest BCUT2D eigenvalue weighted by Gasteiger charge is 2.36. The molecule has 0 saturated heterocycles. The van der Waals surface area contributed by atoms with Gasteiger partial charge in [-0.1, -0.05) is 12.2 Å². The van der Waals surface area contributed by atoms with Gasteiger partial charge in [0.05, 0.1) is 22.2 Å². The maximum atomic E-state index is 12.2. The summed E-state index contributed by atoms with van der Waals surface area (Å²) in [5, 5.41) is 13.2. The molecule has 2 aliphatic rings. The van der Waals surface area contributed by atoms with E-state index >= 15 is 0 Å². The number of fused-ring (bicyclic) bond motifs is 3. The number of carboxylic acid groups (broad SMARTS) is 1. The maximum absolute atomic E-state index is 12.2. The fraction of sp³-hybridized carbons (Fsp3) is 0.333. The Hall–Kier alpha value is -1.69. The van der Waals surface area contributed by atoms with Gasteiger partial charge in [0.25, 0.3) is 0 Å². The summed E-state index contributed by atoms with van der Waals surface area (Å²) in [4.78, 5) is 12.0. The van der Waals surface area contributed by atoms with Gasteiger partial charge in [0.15, 0.2) is 5.69 Å². The first-order valence-electron chi connectivity index (χ1n) is 5.63. The first-order valence-corrected chi connectivity index (χ1v) is 6.95. The highest BCUT2D eigenvalue weighted by molar-refractivity contribution is 7.88. The molecule has 1 aliphatic carbocycles. The SMILES string of the molecule is Cn1nc(C(=O)O)c2c1C1CC=CC=C1S(=O)C2. The molecule has 6 heteroatoms. The summed E-state index contributed by atoms with van der Waals surface area (Å²) in [6.45, 7) is 0. The lowest BCUT2D eigenvalue weighted by molar-refractivity contribution is 0.0689. The van der Waals surface area contributed by atoms with Gasteiger partial charge in [0.2, 0.25) is 0 Å². The lowest BCUT2D eigenvalue weighted by atomic mass is 9.93. The first kappa shape index (κ1) is 11.4. The third-order valence-corrected chi connectivity index (χ3v) is 4.87. The summed E-state index contributed by atoms with van der Waals surface area (Å²) in [5.74, 6) is -0.797. The third kappa shape index (κ3) is 1.49. The van der Waals surface area contributed by atoms with Gasteiger partial charge in [-0.3, -0.25) is 8.89 Å². The Morgan fingerprint density at radius 1 is 1.61 bits per heavy atom. The van der Waals surface area contributed by atoms with E-state index in [1.807, 2.05) is 18.2 Å². The molecule has 0 radical (unpaired) electrons. The Morgan fingerprint density at radius 3 is 3.11 bits per heavy atom. The second-order valence-electron chi connectivity index (χ2n) is 4.42. The molecule has 0 amide bonds. The van der Waals surface area contributed by atoms with E-state index < -0.39 is 16.8 Å². The van der Waals surface area contributed by atoms with Crippen molar-refractivity contribution < 1.29 is 14.1 Å². The van der Waals surface area contributed by atoms with Crippen LogP contribution in [0.2, 0.25) is 0 Å². The molecule has 3 rings (SSSR count). The van der Waals surface area contributed by atoms with Crippen molar-refractivity contribution in [3.05, 3.63) is 40.1 Å². The summed E-state index contributed by atoms with van der Waals surface area (Å²) in [6, 6.07) is 0. The number of hydrogen-bond acceptors (Lipinski definition) is 3. The van der Waals surface area contributed by atoms with E-state index in [9.17, 15) is 9.00 Å². The van der Waals surface area contributed by atoms with E-state index in [-0.39, 0.29) is 17.4 Å². The Bertz CT molecular complexity index is 628. The number of aryl methyl sites for hydroxylation is 1. The maximum Gasteiger partial charge on any atom is 0.356 e. The van der Waals surface area contributed by atoms with E-state index in [2.05, 4.69) is 5.10 Å². The van der Waals surface area contributed by atoms with Gasteiger partial charge in [-0.05, 0) is 12.5 Å². The molecule has 1 N–H and O–H groups in total. The van der Waals surface area contributed by atoms with Gasteiger partial charge in [-0.2, -0.15) is 5.10 Å². The molecule has 0 aromatic carbocycles. The molecule has 1 aromatic heterocycles.